The predicted molar refractivity (Wildman–Crippen MR) is 50.2 cm³/mol. The van der Waals surface area contributed by atoms with Crippen LogP contribution in [0.25, 0.3) is 0 Å². The van der Waals surface area contributed by atoms with Crippen molar-refractivity contribution < 1.29 is 9.53 Å². The van der Waals surface area contributed by atoms with E-state index in [9.17, 15) is 4.79 Å². The van der Waals surface area contributed by atoms with Gasteiger partial charge in [-0.15, -0.1) is 0 Å². The summed E-state index contributed by atoms with van der Waals surface area (Å²) in [6.45, 7) is 2.27. The molecule has 0 N–H and O–H groups in total. The van der Waals surface area contributed by atoms with Gasteiger partial charge in [-0.3, -0.25) is 4.79 Å². The van der Waals surface area contributed by atoms with Crippen molar-refractivity contribution in [3.05, 3.63) is 11.6 Å². The summed E-state index contributed by atoms with van der Waals surface area (Å²) >= 11 is 0. The summed E-state index contributed by atoms with van der Waals surface area (Å²) in [6.07, 6.45) is 7.44. The third-order valence-electron chi connectivity index (χ3n) is 3.01. The molecule has 1 heterocycles. The van der Waals surface area contributed by atoms with E-state index in [0.29, 0.717) is 6.42 Å². The van der Waals surface area contributed by atoms with Crippen molar-refractivity contribution >= 4 is 5.97 Å². The van der Waals surface area contributed by atoms with Crippen LogP contribution in [-0.2, 0) is 9.53 Å². The second-order valence-electron chi connectivity index (χ2n) is 4.18. The van der Waals surface area contributed by atoms with Gasteiger partial charge < -0.3 is 4.74 Å². The summed E-state index contributed by atoms with van der Waals surface area (Å²) in [5.41, 5.74) is 1.36. The SMILES string of the molecule is CC1CC=C(C2CCC(=O)O2)CC1. The first-order valence-electron chi connectivity index (χ1n) is 5.14. The summed E-state index contributed by atoms with van der Waals surface area (Å²) in [6, 6.07) is 0. The molecule has 2 rings (SSSR count). The number of rotatable bonds is 1. The number of cyclic esters (lactones) is 1. The van der Waals surface area contributed by atoms with Crippen LogP contribution in [0.5, 0.6) is 0 Å². The van der Waals surface area contributed by atoms with Gasteiger partial charge in [0.05, 0.1) is 0 Å². The molecular weight excluding hydrogens is 164 g/mol. The zero-order valence-electron chi connectivity index (χ0n) is 8.08. The summed E-state index contributed by atoms with van der Waals surface area (Å²) in [4.78, 5) is 10.9. The molecule has 72 valence electrons. The van der Waals surface area contributed by atoms with E-state index in [2.05, 4.69) is 13.0 Å². The Kier molecular flexibility index (Phi) is 2.38. The smallest absolute Gasteiger partial charge is 0.306 e. The Bertz CT molecular complexity index is 242. The van der Waals surface area contributed by atoms with Crippen LogP contribution in [0, 0.1) is 5.92 Å². The van der Waals surface area contributed by atoms with Crippen molar-refractivity contribution in [2.75, 3.05) is 0 Å². The fourth-order valence-electron chi connectivity index (χ4n) is 2.06. The summed E-state index contributed by atoms with van der Waals surface area (Å²) < 4.78 is 5.23. The molecule has 1 fully saturated rings. The lowest BCUT2D eigenvalue weighted by Gasteiger charge is -2.21. The first kappa shape index (κ1) is 8.79. The molecule has 2 nitrogen and oxygen atoms in total. The van der Waals surface area contributed by atoms with Gasteiger partial charge in [-0.05, 0) is 37.2 Å². The van der Waals surface area contributed by atoms with Gasteiger partial charge in [0, 0.05) is 6.42 Å². The fourth-order valence-corrected chi connectivity index (χ4v) is 2.06. The van der Waals surface area contributed by atoms with Crippen LogP contribution in [0.15, 0.2) is 11.6 Å². The molecule has 0 saturated carbocycles. The molecule has 1 saturated heterocycles. The standard InChI is InChI=1S/C11H16O2/c1-8-2-4-9(5-3-8)10-6-7-11(12)13-10/h4,8,10H,2-3,5-7H2,1H3. The second kappa shape index (κ2) is 3.52. The number of esters is 1. The first-order chi connectivity index (χ1) is 6.25. The van der Waals surface area contributed by atoms with E-state index in [0.717, 1.165) is 25.2 Å². The molecule has 13 heavy (non-hydrogen) atoms. The Labute approximate surface area is 79.0 Å². The van der Waals surface area contributed by atoms with E-state index in [1.807, 2.05) is 0 Å². The van der Waals surface area contributed by atoms with E-state index in [-0.39, 0.29) is 12.1 Å². The maximum Gasteiger partial charge on any atom is 0.306 e. The predicted octanol–water partition coefficient (Wildman–Crippen LogP) is 2.44. The van der Waals surface area contributed by atoms with Gasteiger partial charge in [0.15, 0.2) is 0 Å². The third kappa shape index (κ3) is 1.93. The minimum absolute atomic E-state index is 0.0236. The van der Waals surface area contributed by atoms with Crippen molar-refractivity contribution in [2.24, 2.45) is 5.92 Å². The molecule has 0 spiro atoms. The topological polar surface area (TPSA) is 26.3 Å². The van der Waals surface area contributed by atoms with Crippen LogP contribution in [0.2, 0.25) is 0 Å². The van der Waals surface area contributed by atoms with Gasteiger partial charge in [-0.25, -0.2) is 0 Å². The summed E-state index contributed by atoms with van der Waals surface area (Å²) in [7, 11) is 0. The van der Waals surface area contributed by atoms with Gasteiger partial charge in [0.25, 0.3) is 0 Å². The molecule has 2 aliphatic rings. The third-order valence-corrected chi connectivity index (χ3v) is 3.01. The maximum atomic E-state index is 10.9. The van der Waals surface area contributed by atoms with E-state index in [1.165, 1.54) is 12.0 Å². The molecule has 0 bridgehead atoms. The van der Waals surface area contributed by atoms with Crippen molar-refractivity contribution in [2.45, 2.75) is 45.1 Å². The highest BCUT2D eigenvalue weighted by Gasteiger charge is 2.27. The average molecular weight is 180 g/mol. The molecule has 0 aromatic carbocycles. The molecule has 0 aromatic heterocycles. The van der Waals surface area contributed by atoms with E-state index in [4.69, 9.17) is 4.74 Å². The molecule has 0 amide bonds. The lowest BCUT2D eigenvalue weighted by molar-refractivity contribution is -0.140. The number of ether oxygens (including phenoxy) is 1. The molecule has 0 aromatic rings. The Balaban J connectivity index is 1.97. The van der Waals surface area contributed by atoms with Crippen LogP contribution in [0.1, 0.15) is 39.0 Å². The van der Waals surface area contributed by atoms with E-state index >= 15 is 0 Å². The highest BCUT2D eigenvalue weighted by molar-refractivity contribution is 5.72. The van der Waals surface area contributed by atoms with Crippen LogP contribution in [-0.4, -0.2) is 12.1 Å². The van der Waals surface area contributed by atoms with Gasteiger partial charge in [-0.2, -0.15) is 0 Å². The normalized spacial score (nSPS) is 34.2. The van der Waals surface area contributed by atoms with E-state index < -0.39 is 0 Å². The molecule has 2 heteroatoms. The fraction of sp³-hybridized carbons (Fsp3) is 0.727. The Morgan fingerprint density at radius 2 is 2.23 bits per heavy atom. The van der Waals surface area contributed by atoms with Gasteiger partial charge in [0.2, 0.25) is 0 Å². The number of hydrogen-bond donors (Lipinski definition) is 0. The Hall–Kier alpha value is -0.790. The number of carbonyl (C=O) groups is 1. The average Bonchev–Trinajstić information content (AvgIpc) is 2.53. The summed E-state index contributed by atoms with van der Waals surface area (Å²) in [5.74, 6) is 0.783. The minimum Gasteiger partial charge on any atom is -0.458 e. The molecule has 1 aliphatic heterocycles. The van der Waals surface area contributed by atoms with Gasteiger partial charge in [0.1, 0.15) is 6.10 Å². The van der Waals surface area contributed by atoms with Crippen LogP contribution >= 0.6 is 0 Å². The molecule has 1 aliphatic carbocycles. The first-order valence-corrected chi connectivity index (χ1v) is 5.14. The zero-order chi connectivity index (χ0) is 9.26. The highest BCUT2D eigenvalue weighted by atomic mass is 16.5. The zero-order valence-corrected chi connectivity index (χ0v) is 8.08. The van der Waals surface area contributed by atoms with Crippen molar-refractivity contribution in [1.29, 1.82) is 0 Å². The lowest BCUT2D eigenvalue weighted by atomic mass is 9.88. The second-order valence-corrected chi connectivity index (χ2v) is 4.18. The lowest BCUT2D eigenvalue weighted by Crippen LogP contribution is -2.14. The van der Waals surface area contributed by atoms with E-state index in [1.54, 1.807) is 0 Å². The summed E-state index contributed by atoms with van der Waals surface area (Å²) in [5, 5.41) is 0. The highest BCUT2D eigenvalue weighted by Crippen LogP contribution is 2.30. The number of hydrogen-bond acceptors (Lipinski definition) is 2. The van der Waals surface area contributed by atoms with Gasteiger partial charge in [-0.1, -0.05) is 13.0 Å². The van der Waals surface area contributed by atoms with Crippen LogP contribution in [0.3, 0.4) is 0 Å². The minimum atomic E-state index is -0.0236. The van der Waals surface area contributed by atoms with Crippen LogP contribution < -0.4 is 0 Å². The molecular formula is C11H16O2. The molecule has 2 atom stereocenters. The molecule has 2 unspecified atom stereocenters. The maximum absolute atomic E-state index is 10.9. The molecule has 0 radical (unpaired) electrons. The van der Waals surface area contributed by atoms with Crippen molar-refractivity contribution in [1.82, 2.24) is 0 Å². The van der Waals surface area contributed by atoms with Gasteiger partial charge >= 0.3 is 5.97 Å². The van der Waals surface area contributed by atoms with Crippen molar-refractivity contribution in [3.63, 3.8) is 0 Å². The number of allylic oxidation sites excluding steroid dienone is 1. The Morgan fingerprint density at radius 3 is 2.77 bits per heavy atom. The number of carbonyl (C=O) groups excluding carboxylic acids is 1. The monoisotopic (exact) mass is 180 g/mol. The largest absolute Gasteiger partial charge is 0.458 e. The van der Waals surface area contributed by atoms with Crippen LogP contribution in [0.4, 0.5) is 0 Å². The van der Waals surface area contributed by atoms with Crippen molar-refractivity contribution in [3.8, 4) is 0 Å². The quantitative estimate of drug-likeness (QED) is 0.457. The Morgan fingerprint density at radius 1 is 1.38 bits per heavy atom.